The zero-order chi connectivity index (χ0) is 15.5. The Morgan fingerprint density at radius 3 is 1.52 bits per heavy atom. The molecule has 0 aliphatic heterocycles. The van der Waals surface area contributed by atoms with Gasteiger partial charge in [0.1, 0.15) is 0 Å². The number of hydrogen-bond acceptors (Lipinski definition) is 3. The molecule has 2 aromatic carbocycles. The molecular weight excluding hydrogens is 260 g/mol. The van der Waals surface area contributed by atoms with Crippen LogP contribution in [-0.4, -0.2) is 13.2 Å². The lowest BCUT2D eigenvalue weighted by molar-refractivity contribution is 0.162. The first-order valence-corrected chi connectivity index (χ1v) is 7.12. The quantitative estimate of drug-likeness (QED) is 0.657. The fraction of sp³-hybridized carbons (Fsp3) is 0.222. The number of benzene rings is 2. The van der Waals surface area contributed by atoms with Crippen LogP contribution in [0.3, 0.4) is 0 Å². The lowest BCUT2D eigenvalue weighted by Crippen LogP contribution is -1.84. The first-order valence-electron chi connectivity index (χ1n) is 7.12. The predicted octanol–water partition coefficient (Wildman–Crippen LogP) is 4.06. The minimum Gasteiger partial charge on any atom is -0.399 e. The summed E-state index contributed by atoms with van der Waals surface area (Å²) in [6, 6.07) is 15.5. The van der Waals surface area contributed by atoms with Crippen molar-refractivity contribution in [2.24, 2.45) is 0 Å². The second-order valence-corrected chi connectivity index (χ2v) is 4.46. The molecule has 0 atom stereocenters. The molecular formula is C18H24N2O. The molecule has 0 aliphatic carbocycles. The molecule has 0 radical (unpaired) electrons. The van der Waals surface area contributed by atoms with Gasteiger partial charge in [-0.1, -0.05) is 36.4 Å². The van der Waals surface area contributed by atoms with E-state index in [4.69, 9.17) is 16.2 Å². The van der Waals surface area contributed by atoms with Gasteiger partial charge in [-0.15, -0.1) is 0 Å². The molecule has 0 bridgehead atoms. The Morgan fingerprint density at radius 1 is 0.810 bits per heavy atom. The Labute approximate surface area is 127 Å². The zero-order valence-electron chi connectivity index (χ0n) is 12.8. The van der Waals surface area contributed by atoms with Gasteiger partial charge in [0.05, 0.1) is 0 Å². The molecule has 0 amide bonds. The van der Waals surface area contributed by atoms with Crippen molar-refractivity contribution in [1.82, 2.24) is 0 Å². The molecule has 0 heterocycles. The molecule has 0 unspecified atom stereocenters. The highest BCUT2D eigenvalue weighted by atomic mass is 16.5. The molecule has 0 fully saturated rings. The standard InChI is InChI=1S/C14H14N2.C4H10O/c15-13-5-1-3-11(9-13)7-8-12-4-2-6-14(16)10-12;1-3-5-4-2/h1-10H,15-16H2;3-4H2,1-2H3. The Bertz CT molecular complexity index is 515. The molecule has 2 rings (SSSR count). The maximum atomic E-state index is 5.70. The predicted molar refractivity (Wildman–Crippen MR) is 92.8 cm³/mol. The third-order valence-electron chi connectivity index (χ3n) is 2.70. The third-order valence-corrected chi connectivity index (χ3v) is 2.70. The van der Waals surface area contributed by atoms with Crippen molar-refractivity contribution in [3.63, 3.8) is 0 Å². The molecule has 2 aromatic rings. The maximum Gasteiger partial charge on any atom is 0.0437 e. The summed E-state index contributed by atoms with van der Waals surface area (Å²) in [6.45, 7) is 5.67. The van der Waals surface area contributed by atoms with Crippen LogP contribution in [0.4, 0.5) is 11.4 Å². The second kappa shape index (κ2) is 9.61. The molecule has 0 aromatic heterocycles. The monoisotopic (exact) mass is 284 g/mol. The number of rotatable bonds is 4. The van der Waals surface area contributed by atoms with Gasteiger partial charge < -0.3 is 16.2 Å². The van der Waals surface area contributed by atoms with Gasteiger partial charge in [-0.2, -0.15) is 0 Å². The fourth-order valence-corrected chi connectivity index (χ4v) is 1.72. The number of hydrogen-bond donors (Lipinski definition) is 2. The lowest BCUT2D eigenvalue weighted by Gasteiger charge is -1.97. The van der Waals surface area contributed by atoms with E-state index in [-0.39, 0.29) is 0 Å². The van der Waals surface area contributed by atoms with E-state index >= 15 is 0 Å². The fourth-order valence-electron chi connectivity index (χ4n) is 1.72. The first-order chi connectivity index (χ1) is 10.2. The summed E-state index contributed by atoms with van der Waals surface area (Å²) in [6.07, 6.45) is 4.04. The molecule has 0 spiro atoms. The molecule has 3 heteroatoms. The van der Waals surface area contributed by atoms with Crippen LogP contribution in [0.15, 0.2) is 48.5 Å². The van der Waals surface area contributed by atoms with Gasteiger partial charge in [0.25, 0.3) is 0 Å². The molecule has 0 saturated heterocycles. The average Bonchev–Trinajstić information content (AvgIpc) is 2.47. The maximum absolute atomic E-state index is 5.70. The van der Waals surface area contributed by atoms with Crippen molar-refractivity contribution in [2.45, 2.75) is 13.8 Å². The first kappa shape index (κ1) is 16.8. The Balaban J connectivity index is 0.000000383. The summed E-state index contributed by atoms with van der Waals surface area (Å²) in [7, 11) is 0. The number of anilines is 2. The van der Waals surface area contributed by atoms with Gasteiger partial charge >= 0.3 is 0 Å². The lowest BCUT2D eigenvalue weighted by atomic mass is 10.1. The van der Waals surface area contributed by atoms with Crippen LogP contribution in [0.2, 0.25) is 0 Å². The van der Waals surface area contributed by atoms with E-state index in [2.05, 4.69) is 0 Å². The van der Waals surface area contributed by atoms with E-state index in [9.17, 15) is 0 Å². The van der Waals surface area contributed by atoms with E-state index in [0.717, 1.165) is 35.7 Å². The molecule has 112 valence electrons. The molecule has 0 saturated carbocycles. The van der Waals surface area contributed by atoms with E-state index < -0.39 is 0 Å². The zero-order valence-corrected chi connectivity index (χ0v) is 12.8. The van der Waals surface area contributed by atoms with Crippen LogP contribution < -0.4 is 11.5 Å². The van der Waals surface area contributed by atoms with Crippen molar-refractivity contribution in [3.05, 3.63) is 59.7 Å². The SMILES string of the molecule is CCOCC.Nc1cccc(C=Cc2cccc(N)c2)c1. The van der Waals surface area contributed by atoms with Crippen LogP contribution in [-0.2, 0) is 4.74 Å². The van der Waals surface area contributed by atoms with Gasteiger partial charge in [0, 0.05) is 24.6 Å². The van der Waals surface area contributed by atoms with Crippen LogP contribution >= 0.6 is 0 Å². The van der Waals surface area contributed by atoms with E-state index in [1.54, 1.807) is 0 Å². The summed E-state index contributed by atoms with van der Waals surface area (Å²) < 4.78 is 4.83. The average molecular weight is 284 g/mol. The van der Waals surface area contributed by atoms with Crippen molar-refractivity contribution in [1.29, 1.82) is 0 Å². The largest absolute Gasteiger partial charge is 0.399 e. The molecule has 21 heavy (non-hydrogen) atoms. The van der Waals surface area contributed by atoms with Gasteiger partial charge in [-0.25, -0.2) is 0 Å². The van der Waals surface area contributed by atoms with Gasteiger partial charge in [0.2, 0.25) is 0 Å². The van der Waals surface area contributed by atoms with E-state index in [1.165, 1.54) is 0 Å². The highest BCUT2D eigenvalue weighted by Gasteiger charge is 1.90. The van der Waals surface area contributed by atoms with Crippen molar-refractivity contribution >= 4 is 23.5 Å². The summed E-state index contributed by atoms with van der Waals surface area (Å²) in [5.41, 5.74) is 15.1. The topological polar surface area (TPSA) is 61.3 Å². The molecule has 0 aliphatic rings. The van der Waals surface area contributed by atoms with Crippen molar-refractivity contribution in [3.8, 4) is 0 Å². The summed E-state index contributed by atoms with van der Waals surface area (Å²) >= 11 is 0. The molecule has 4 N–H and O–H groups in total. The summed E-state index contributed by atoms with van der Waals surface area (Å²) in [5, 5.41) is 0. The van der Waals surface area contributed by atoms with Crippen LogP contribution in [0, 0.1) is 0 Å². The van der Waals surface area contributed by atoms with E-state index in [0.29, 0.717) is 0 Å². The molecule has 3 nitrogen and oxygen atoms in total. The van der Waals surface area contributed by atoms with Crippen LogP contribution in [0.1, 0.15) is 25.0 Å². The number of nitrogens with two attached hydrogens (primary N) is 2. The van der Waals surface area contributed by atoms with Gasteiger partial charge in [-0.05, 0) is 49.2 Å². The Kier molecular flexibility index (Phi) is 7.69. The van der Waals surface area contributed by atoms with Crippen LogP contribution in [0.5, 0.6) is 0 Å². The van der Waals surface area contributed by atoms with Crippen molar-refractivity contribution < 1.29 is 4.74 Å². The normalized spacial score (nSPS) is 10.2. The smallest absolute Gasteiger partial charge is 0.0437 e. The Morgan fingerprint density at radius 2 is 1.24 bits per heavy atom. The minimum absolute atomic E-state index is 0.773. The number of ether oxygens (including phenoxy) is 1. The van der Waals surface area contributed by atoms with E-state index in [1.807, 2.05) is 74.5 Å². The van der Waals surface area contributed by atoms with Crippen molar-refractivity contribution in [2.75, 3.05) is 24.7 Å². The van der Waals surface area contributed by atoms with Crippen LogP contribution in [0.25, 0.3) is 12.2 Å². The highest BCUT2D eigenvalue weighted by molar-refractivity contribution is 5.72. The highest BCUT2D eigenvalue weighted by Crippen LogP contribution is 2.13. The van der Waals surface area contributed by atoms with Gasteiger partial charge in [-0.3, -0.25) is 0 Å². The Hall–Kier alpha value is -2.26. The summed E-state index contributed by atoms with van der Waals surface area (Å²) in [4.78, 5) is 0. The summed E-state index contributed by atoms with van der Waals surface area (Å²) in [5.74, 6) is 0. The minimum atomic E-state index is 0.773. The van der Waals surface area contributed by atoms with Gasteiger partial charge in [0.15, 0.2) is 0 Å². The second-order valence-electron chi connectivity index (χ2n) is 4.46. The third kappa shape index (κ3) is 7.18. The number of nitrogen functional groups attached to an aromatic ring is 2.